The lowest BCUT2D eigenvalue weighted by Crippen LogP contribution is -1.97. The molecule has 2 aromatic rings. The largest absolute Gasteiger partial charge is 0.497 e. The van der Waals surface area contributed by atoms with Gasteiger partial charge in [0.15, 0.2) is 0 Å². The maximum atomic E-state index is 10.5. The summed E-state index contributed by atoms with van der Waals surface area (Å²) in [6, 6.07) is 8.93. The van der Waals surface area contributed by atoms with Crippen molar-refractivity contribution in [3.63, 3.8) is 0 Å². The summed E-state index contributed by atoms with van der Waals surface area (Å²) in [6.07, 6.45) is -0.170. The van der Waals surface area contributed by atoms with E-state index in [1.54, 1.807) is 13.2 Å². The average Bonchev–Trinajstić information content (AvgIpc) is 2.77. The fourth-order valence-electron chi connectivity index (χ4n) is 1.46. The zero-order valence-corrected chi connectivity index (χ0v) is 9.21. The Bertz CT molecular complexity index is 533. The van der Waals surface area contributed by atoms with Crippen LogP contribution in [-0.4, -0.2) is 23.3 Å². The molecule has 1 aromatic heterocycles. The molecule has 5 heteroatoms. The second kappa shape index (κ2) is 4.69. The molecule has 2 rings (SSSR count). The maximum absolute atomic E-state index is 10.5. The molecule has 17 heavy (non-hydrogen) atoms. The van der Waals surface area contributed by atoms with E-state index in [1.807, 2.05) is 24.3 Å². The Morgan fingerprint density at radius 3 is 3.00 bits per heavy atom. The van der Waals surface area contributed by atoms with Crippen molar-refractivity contribution in [3.05, 3.63) is 36.1 Å². The lowest BCUT2D eigenvalue weighted by molar-refractivity contribution is -0.136. The summed E-state index contributed by atoms with van der Waals surface area (Å²) in [4.78, 5) is 10.5. The van der Waals surface area contributed by atoms with Crippen LogP contribution in [0.25, 0.3) is 11.3 Å². The van der Waals surface area contributed by atoms with Gasteiger partial charge >= 0.3 is 5.97 Å². The summed E-state index contributed by atoms with van der Waals surface area (Å²) in [6.45, 7) is 0. The predicted molar refractivity (Wildman–Crippen MR) is 59.8 cm³/mol. The lowest BCUT2D eigenvalue weighted by atomic mass is 10.1. The number of aromatic nitrogens is 1. The van der Waals surface area contributed by atoms with Gasteiger partial charge in [-0.2, -0.15) is 0 Å². The first-order valence-electron chi connectivity index (χ1n) is 5.01. The van der Waals surface area contributed by atoms with Crippen molar-refractivity contribution >= 4 is 5.97 Å². The molecule has 5 nitrogen and oxygen atoms in total. The Balaban J connectivity index is 2.26. The molecule has 0 unspecified atom stereocenters. The number of carboxylic acids is 1. The molecule has 0 radical (unpaired) electrons. The number of hydrogen-bond acceptors (Lipinski definition) is 4. The second-order valence-electron chi connectivity index (χ2n) is 3.48. The highest BCUT2D eigenvalue weighted by Crippen LogP contribution is 2.23. The number of methoxy groups -OCH3 is 1. The topological polar surface area (TPSA) is 72.6 Å². The third kappa shape index (κ3) is 2.63. The van der Waals surface area contributed by atoms with Crippen LogP contribution in [-0.2, 0) is 11.2 Å². The van der Waals surface area contributed by atoms with Crippen molar-refractivity contribution in [3.8, 4) is 17.0 Å². The van der Waals surface area contributed by atoms with E-state index in [1.165, 1.54) is 0 Å². The van der Waals surface area contributed by atoms with E-state index in [9.17, 15) is 4.79 Å². The number of benzene rings is 1. The lowest BCUT2D eigenvalue weighted by Gasteiger charge is -2.00. The van der Waals surface area contributed by atoms with E-state index in [0.717, 1.165) is 5.56 Å². The minimum Gasteiger partial charge on any atom is -0.497 e. The highest BCUT2D eigenvalue weighted by molar-refractivity contribution is 5.70. The van der Waals surface area contributed by atoms with Crippen LogP contribution in [0.1, 0.15) is 5.76 Å². The van der Waals surface area contributed by atoms with Crippen LogP contribution in [0, 0.1) is 0 Å². The molecule has 1 heterocycles. The maximum Gasteiger partial charge on any atom is 0.311 e. The molecule has 0 spiro atoms. The smallest absolute Gasteiger partial charge is 0.311 e. The van der Waals surface area contributed by atoms with Gasteiger partial charge in [0.1, 0.15) is 23.6 Å². The molecule has 0 bridgehead atoms. The number of carbonyl (C=O) groups is 1. The van der Waals surface area contributed by atoms with E-state index in [0.29, 0.717) is 17.2 Å². The fourth-order valence-corrected chi connectivity index (χ4v) is 1.46. The van der Waals surface area contributed by atoms with Crippen molar-refractivity contribution < 1.29 is 19.2 Å². The van der Waals surface area contributed by atoms with E-state index < -0.39 is 5.97 Å². The van der Waals surface area contributed by atoms with Gasteiger partial charge in [0.05, 0.1) is 7.11 Å². The Morgan fingerprint density at radius 2 is 2.29 bits per heavy atom. The zero-order valence-electron chi connectivity index (χ0n) is 9.21. The van der Waals surface area contributed by atoms with Crippen molar-refractivity contribution in [2.75, 3.05) is 7.11 Å². The summed E-state index contributed by atoms with van der Waals surface area (Å²) in [5.41, 5.74) is 1.42. The van der Waals surface area contributed by atoms with Crippen molar-refractivity contribution in [2.45, 2.75) is 6.42 Å². The molecule has 0 aliphatic heterocycles. The standard InChI is InChI=1S/C12H11NO4/c1-16-9-4-2-3-8(5-9)11-6-10(17-13-11)7-12(14)15/h2-6H,7H2,1H3,(H,14,15). The normalized spacial score (nSPS) is 10.2. The van der Waals surface area contributed by atoms with Crippen molar-refractivity contribution in [1.82, 2.24) is 5.16 Å². The number of aliphatic carboxylic acids is 1. The zero-order chi connectivity index (χ0) is 12.3. The molecule has 0 atom stereocenters. The van der Waals surface area contributed by atoms with Crippen LogP contribution in [0.15, 0.2) is 34.9 Å². The van der Waals surface area contributed by atoms with Crippen LogP contribution in [0.4, 0.5) is 0 Å². The molecular formula is C12H11NO4. The van der Waals surface area contributed by atoms with Gasteiger partial charge in [-0.25, -0.2) is 0 Å². The molecule has 1 N–H and O–H groups in total. The van der Waals surface area contributed by atoms with Crippen LogP contribution < -0.4 is 4.74 Å². The monoisotopic (exact) mass is 233 g/mol. The average molecular weight is 233 g/mol. The second-order valence-corrected chi connectivity index (χ2v) is 3.48. The van der Waals surface area contributed by atoms with E-state index >= 15 is 0 Å². The van der Waals surface area contributed by atoms with E-state index in [4.69, 9.17) is 14.4 Å². The molecule has 0 fully saturated rings. The first kappa shape index (κ1) is 11.2. The number of nitrogens with zero attached hydrogens (tertiary/aromatic N) is 1. The van der Waals surface area contributed by atoms with Crippen LogP contribution >= 0.6 is 0 Å². The van der Waals surface area contributed by atoms with Gasteiger partial charge in [-0.05, 0) is 12.1 Å². The van der Waals surface area contributed by atoms with Gasteiger partial charge in [-0.1, -0.05) is 17.3 Å². The summed E-state index contributed by atoms with van der Waals surface area (Å²) in [7, 11) is 1.58. The highest BCUT2D eigenvalue weighted by atomic mass is 16.5. The van der Waals surface area contributed by atoms with E-state index in [-0.39, 0.29) is 6.42 Å². The molecule has 0 aliphatic carbocycles. The van der Waals surface area contributed by atoms with Crippen molar-refractivity contribution in [1.29, 1.82) is 0 Å². The highest BCUT2D eigenvalue weighted by Gasteiger charge is 2.10. The Labute approximate surface area is 97.6 Å². The van der Waals surface area contributed by atoms with Gasteiger partial charge in [-0.15, -0.1) is 0 Å². The molecule has 1 aromatic carbocycles. The number of rotatable bonds is 4. The Kier molecular flexibility index (Phi) is 3.09. The number of carboxylic acid groups (broad SMARTS) is 1. The number of ether oxygens (including phenoxy) is 1. The molecule has 0 saturated carbocycles. The van der Waals surface area contributed by atoms with Crippen LogP contribution in [0.2, 0.25) is 0 Å². The summed E-state index contributed by atoms with van der Waals surface area (Å²) < 4.78 is 10.0. The first-order valence-corrected chi connectivity index (χ1v) is 5.01. The molecular weight excluding hydrogens is 222 g/mol. The number of hydrogen-bond donors (Lipinski definition) is 1. The minimum atomic E-state index is -0.946. The molecule has 0 saturated heterocycles. The van der Waals surface area contributed by atoms with Gasteiger partial charge in [0.25, 0.3) is 0 Å². The third-order valence-corrected chi connectivity index (χ3v) is 2.25. The minimum absolute atomic E-state index is 0.170. The molecule has 0 aliphatic rings. The predicted octanol–water partition coefficient (Wildman–Crippen LogP) is 1.98. The molecule has 88 valence electrons. The van der Waals surface area contributed by atoms with Gasteiger partial charge < -0.3 is 14.4 Å². The summed E-state index contributed by atoms with van der Waals surface area (Å²) in [5, 5.41) is 12.4. The SMILES string of the molecule is COc1cccc(-c2cc(CC(=O)O)on2)c1. The van der Waals surface area contributed by atoms with Gasteiger partial charge in [0, 0.05) is 11.6 Å². The van der Waals surface area contributed by atoms with Gasteiger partial charge in [-0.3, -0.25) is 4.79 Å². The Morgan fingerprint density at radius 1 is 1.47 bits per heavy atom. The first-order chi connectivity index (χ1) is 8.19. The summed E-state index contributed by atoms with van der Waals surface area (Å²) >= 11 is 0. The quantitative estimate of drug-likeness (QED) is 0.874. The van der Waals surface area contributed by atoms with Crippen LogP contribution in [0.5, 0.6) is 5.75 Å². The van der Waals surface area contributed by atoms with Crippen LogP contribution in [0.3, 0.4) is 0 Å². The third-order valence-electron chi connectivity index (χ3n) is 2.25. The molecule has 0 amide bonds. The summed E-state index contributed by atoms with van der Waals surface area (Å²) in [5.74, 6) is 0.0962. The van der Waals surface area contributed by atoms with Gasteiger partial charge in [0.2, 0.25) is 0 Å². The fraction of sp³-hybridized carbons (Fsp3) is 0.167. The van der Waals surface area contributed by atoms with Crippen molar-refractivity contribution in [2.24, 2.45) is 0 Å². The van der Waals surface area contributed by atoms with E-state index in [2.05, 4.69) is 5.16 Å². The Hall–Kier alpha value is -2.30.